The van der Waals surface area contributed by atoms with Gasteiger partial charge in [-0.05, 0) is 39.4 Å². The van der Waals surface area contributed by atoms with E-state index in [0.717, 1.165) is 31.7 Å². The minimum Gasteiger partial charge on any atom is -0.296 e. The lowest BCUT2D eigenvalue weighted by Gasteiger charge is -2.45. The molecule has 19 heavy (non-hydrogen) atoms. The maximum Gasteiger partial charge on any atom is 0.0809 e. The van der Waals surface area contributed by atoms with E-state index in [1.165, 1.54) is 0 Å². The fraction of sp³-hybridized carbons (Fsp3) is 0.786. The first-order valence-corrected chi connectivity index (χ1v) is 7.31. The highest BCUT2D eigenvalue weighted by Gasteiger charge is 2.38. The van der Waals surface area contributed by atoms with Crippen LogP contribution < -0.4 is 11.3 Å². The van der Waals surface area contributed by atoms with E-state index in [1.807, 2.05) is 10.9 Å². The molecule has 0 amide bonds. The summed E-state index contributed by atoms with van der Waals surface area (Å²) in [6.07, 6.45) is 2.87. The van der Waals surface area contributed by atoms with Gasteiger partial charge in [-0.25, -0.2) is 5.43 Å². The molecule has 3 N–H and O–H groups in total. The Morgan fingerprint density at radius 3 is 2.42 bits per heavy atom. The molecule has 0 fully saturated rings. The van der Waals surface area contributed by atoms with Crippen LogP contribution in [0.2, 0.25) is 0 Å². The third-order valence-electron chi connectivity index (χ3n) is 4.33. The van der Waals surface area contributed by atoms with Crippen molar-refractivity contribution >= 4 is 0 Å². The second-order valence-electron chi connectivity index (χ2n) is 5.05. The number of hydrogen-bond donors (Lipinski definition) is 2. The van der Waals surface area contributed by atoms with E-state index in [-0.39, 0.29) is 11.6 Å². The first-order valence-electron chi connectivity index (χ1n) is 7.31. The van der Waals surface area contributed by atoms with Crippen molar-refractivity contribution in [2.45, 2.75) is 59.2 Å². The van der Waals surface area contributed by atoms with E-state index >= 15 is 0 Å². The molecule has 0 radical (unpaired) electrons. The van der Waals surface area contributed by atoms with Crippen molar-refractivity contribution in [1.82, 2.24) is 20.1 Å². The van der Waals surface area contributed by atoms with Crippen molar-refractivity contribution < 1.29 is 0 Å². The van der Waals surface area contributed by atoms with E-state index in [1.54, 1.807) is 0 Å². The lowest BCUT2D eigenvalue weighted by Crippen LogP contribution is -2.56. The summed E-state index contributed by atoms with van der Waals surface area (Å²) in [4.78, 5) is 2.46. The molecule has 0 saturated carbocycles. The van der Waals surface area contributed by atoms with Crippen LogP contribution in [0.4, 0.5) is 0 Å². The maximum absolute atomic E-state index is 5.88. The summed E-state index contributed by atoms with van der Waals surface area (Å²) in [6.45, 7) is 13.9. The molecule has 1 rings (SSSR count). The third-order valence-corrected chi connectivity index (χ3v) is 4.33. The molecular weight excluding hydrogens is 238 g/mol. The van der Waals surface area contributed by atoms with Gasteiger partial charge in [0.2, 0.25) is 0 Å². The quantitative estimate of drug-likeness (QED) is 0.558. The molecule has 0 aromatic carbocycles. The van der Waals surface area contributed by atoms with E-state index in [2.05, 4.69) is 56.1 Å². The zero-order valence-electron chi connectivity index (χ0n) is 13.0. The largest absolute Gasteiger partial charge is 0.296 e. The Morgan fingerprint density at radius 2 is 2.00 bits per heavy atom. The highest BCUT2D eigenvalue weighted by atomic mass is 15.3. The lowest BCUT2D eigenvalue weighted by molar-refractivity contribution is 0.0664. The number of nitrogens with one attached hydrogen (secondary N) is 1. The van der Waals surface area contributed by atoms with Crippen LogP contribution in [0, 0.1) is 0 Å². The molecule has 1 heterocycles. The van der Waals surface area contributed by atoms with E-state index in [0.29, 0.717) is 0 Å². The van der Waals surface area contributed by atoms with Gasteiger partial charge in [-0.1, -0.05) is 20.8 Å². The lowest BCUT2D eigenvalue weighted by atomic mass is 9.85. The molecule has 0 bridgehead atoms. The number of aromatic nitrogens is 2. The predicted octanol–water partition coefficient (Wildman–Crippen LogP) is 1.92. The fourth-order valence-electron chi connectivity index (χ4n) is 2.99. The van der Waals surface area contributed by atoms with Crippen LogP contribution >= 0.6 is 0 Å². The van der Waals surface area contributed by atoms with Gasteiger partial charge in [0.25, 0.3) is 0 Å². The minimum atomic E-state index is -0.0226. The highest BCUT2D eigenvalue weighted by molar-refractivity contribution is 5.14. The van der Waals surface area contributed by atoms with Gasteiger partial charge in [0.05, 0.1) is 11.7 Å². The normalized spacial score (nSPS) is 16.6. The first kappa shape index (κ1) is 16.1. The Balaban J connectivity index is 3.18. The zero-order chi connectivity index (χ0) is 14.5. The van der Waals surface area contributed by atoms with Crippen LogP contribution in [-0.2, 0) is 6.54 Å². The fourth-order valence-corrected chi connectivity index (χ4v) is 2.99. The van der Waals surface area contributed by atoms with Crippen LogP contribution in [0.15, 0.2) is 12.3 Å². The Morgan fingerprint density at radius 1 is 1.37 bits per heavy atom. The molecule has 5 heteroatoms. The summed E-state index contributed by atoms with van der Waals surface area (Å²) in [5.74, 6) is 5.88. The van der Waals surface area contributed by atoms with Gasteiger partial charge in [-0.15, -0.1) is 0 Å². The van der Waals surface area contributed by atoms with Crippen molar-refractivity contribution in [3.63, 3.8) is 0 Å². The number of likely N-dealkylation sites (N-methyl/N-ethyl adjacent to an activating group) is 1. The van der Waals surface area contributed by atoms with Gasteiger partial charge in [0, 0.05) is 18.3 Å². The number of hydrogen-bond acceptors (Lipinski definition) is 4. The maximum atomic E-state index is 5.88. The van der Waals surface area contributed by atoms with E-state index in [9.17, 15) is 0 Å². The van der Waals surface area contributed by atoms with E-state index in [4.69, 9.17) is 5.84 Å². The second kappa shape index (κ2) is 7.03. The van der Waals surface area contributed by atoms with Crippen LogP contribution in [0.1, 0.15) is 52.8 Å². The van der Waals surface area contributed by atoms with Crippen molar-refractivity contribution in [2.24, 2.45) is 5.84 Å². The van der Waals surface area contributed by atoms with Crippen LogP contribution in [0.3, 0.4) is 0 Å². The van der Waals surface area contributed by atoms with Crippen molar-refractivity contribution in [3.05, 3.63) is 18.0 Å². The third kappa shape index (κ3) is 2.99. The van der Waals surface area contributed by atoms with E-state index < -0.39 is 0 Å². The van der Waals surface area contributed by atoms with Gasteiger partial charge in [0.15, 0.2) is 0 Å². The summed E-state index contributed by atoms with van der Waals surface area (Å²) in [5.41, 5.74) is 4.15. The number of aryl methyl sites for hydroxylation is 1. The number of nitrogens with two attached hydrogens (primary N) is 1. The Labute approximate surface area is 117 Å². The molecule has 1 aromatic rings. The second-order valence-corrected chi connectivity index (χ2v) is 5.05. The van der Waals surface area contributed by atoms with Crippen molar-refractivity contribution in [1.29, 1.82) is 0 Å². The van der Waals surface area contributed by atoms with Crippen LogP contribution in [0.5, 0.6) is 0 Å². The number of hydrazine groups is 1. The molecule has 0 aliphatic rings. The van der Waals surface area contributed by atoms with Gasteiger partial charge < -0.3 is 0 Å². The topological polar surface area (TPSA) is 59.1 Å². The van der Waals surface area contributed by atoms with Crippen LogP contribution in [0.25, 0.3) is 0 Å². The molecule has 2 atom stereocenters. The van der Waals surface area contributed by atoms with Crippen molar-refractivity contribution in [2.75, 3.05) is 13.1 Å². The minimum absolute atomic E-state index is 0.0226. The molecule has 1 aromatic heterocycles. The molecule has 0 saturated heterocycles. The van der Waals surface area contributed by atoms with Gasteiger partial charge in [0.1, 0.15) is 0 Å². The van der Waals surface area contributed by atoms with Crippen molar-refractivity contribution in [3.8, 4) is 0 Å². The number of rotatable bonds is 8. The summed E-state index contributed by atoms with van der Waals surface area (Å²) in [7, 11) is 0. The molecule has 5 nitrogen and oxygen atoms in total. The molecule has 0 spiro atoms. The molecule has 0 aliphatic heterocycles. The Hall–Kier alpha value is -0.910. The smallest absolute Gasteiger partial charge is 0.0809 e. The molecule has 0 aliphatic carbocycles. The number of nitrogens with zero attached hydrogens (tertiary/aromatic N) is 3. The standard InChI is InChI=1S/C14H29N5/c1-6-14(5,18(7-2)8-3)13(17-15)12-10-11-16-19(12)9-4/h10-11,13,17H,6-9,15H2,1-5H3. The van der Waals surface area contributed by atoms with Gasteiger partial charge in [-0.3, -0.25) is 15.4 Å². The Bertz CT molecular complexity index is 372. The average molecular weight is 267 g/mol. The summed E-state index contributed by atoms with van der Waals surface area (Å²) >= 11 is 0. The summed E-state index contributed by atoms with van der Waals surface area (Å²) in [6, 6.07) is 2.13. The molecular formula is C14H29N5. The summed E-state index contributed by atoms with van der Waals surface area (Å²) < 4.78 is 2.02. The molecule has 2 unspecified atom stereocenters. The van der Waals surface area contributed by atoms with Gasteiger partial charge >= 0.3 is 0 Å². The van der Waals surface area contributed by atoms with Gasteiger partial charge in [-0.2, -0.15) is 5.10 Å². The highest BCUT2D eigenvalue weighted by Crippen LogP contribution is 2.33. The average Bonchev–Trinajstić information content (AvgIpc) is 2.89. The monoisotopic (exact) mass is 267 g/mol. The predicted molar refractivity (Wildman–Crippen MR) is 79.6 cm³/mol. The molecule has 110 valence electrons. The first-order chi connectivity index (χ1) is 9.08. The zero-order valence-corrected chi connectivity index (χ0v) is 13.0. The Kier molecular flexibility index (Phi) is 5.97. The van der Waals surface area contributed by atoms with Crippen LogP contribution in [-0.4, -0.2) is 33.3 Å². The summed E-state index contributed by atoms with van der Waals surface area (Å²) in [5, 5.41) is 4.36. The SMILES string of the molecule is CCN(CC)C(C)(CC)C(NN)c1ccnn1CC.